The Morgan fingerprint density at radius 1 is 1.09 bits per heavy atom. The van der Waals surface area contributed by atoms with E-state index in [9.17, 15) is 19.5 Å². The number of hydrogen-bond acceptors (Lipinski definition) is 5. The summed E-state index contributed by atoms with van der Waals surface area (Å²) in [4.78, 5) is 38.2. The molecule has 0 radical (unpaired) electrons. The highest BCUT2D eigenvalue weighted by Gasteiger charge is 2.48. The molecule has 0 atom stereocenters. The van der Waals surface area contributed by atoms with E-state index >= 15 is 0 Å². The summed E-state index contributed by atoms with van der Waals surface area (Å²) < 4.78 is 7.09. The third kappa shape index (κ3) is 3.92. The zero-order valence-corrected chi connectivity index (χ0v) is 19.5. The van der Waals surface area contributed by atoms with Gasteiger partial charge in [0.2, 0.25) is 0 Å². The Morgan fingerprint density at radius 2 is 1.69 bits per heavy atom. The van der Waals surface area contributed by atoms with Crippen LogP contribution in [-0.4, -0.2) is 57.5 Å². The van der Waals surface area contributed by atoms with E-state index in [0.717, 1.165) is 22.3 Å². The maximum absolute atomic E-state index is 12.9. The fourth-order valence-electron chi connectivity index (χ4n) is 4.90. The van der Waals surface area contributed by atoms with Gasteiger partial charge in [0.15, 0.2) is 0 Å². The van der Waals surface area contributed by atoms with E-state index in [1.807, 2.05) is 24.3 Å². The van der Waals surface area contributed by atoms with E-state index < -0.39 is 17.5 Å². The number of nitrogens with one attached hydrogen (secondary N) is 1. The molecule has 180 valence electrons. The molecule has 3 aromatic rings. The van der Waals surface area contributed by atoms with E-state index in [0.29, 0.717) is 11.3 Å². The normalized spacial score (nSPS) is 15.7. The summed E-state index contributed by atoms with van der Waals surface area (Å²) in [7, 11) is 1.68. The first-order valence-electron chi connectivity index (χ1n) is 11.4. The number of hydrogen-bond donors (Lipinski definition) is 2. The van der Waals surface area contributed by atoms with Crippen molar-refractivity contribution < 1.29 is 24.2 Å². The third-order valence-corrected chi connectivity index (χ3v) is 6.92. The predicted octanol–water partition coefficient (Wildman–Crippen LogP) is 3.01. The van der Waals surface area contributed by atoms with Gasteiger partial charge >= 0.3 is 12.1 Å². The van der Waals surface area contributed by atoms with E-state index in [2.05, 4.69) is 34.7 Å². The van der Waals surface area contributed by atoms with Crippen molar-refractivity contribution in [3.63, 3.8) is 0 Å². The van der Waals surface area contributed by atoms with Crippen molar-refractivity contribution in [1.82, 2.24) is 20.0 Å². The smallest absolute Gasteiger partial charge is 0.407 e. The highest BCUT2D eigenvalue weighted by atomic mass is 16.5. The molecule has 0 saturated carbocycles. The van der Waals surface area contributed by atoms with Gasteiger partial charge < -0.3 is 20.1 Å². The van der Waals surface area contributed by atoms with Crippen molar-refractivity contribution in [1.29, 1.82) is 0 Å². The summed E-state index contributed by atoms with van der Waals surface area (Å²) >= 11 is 0. The number of aryl methyl sites for hydroxylation is 1. The molecule has 1 aromatic heterocycles. The number of carboxylic acids is 1. The summed E-state index contributed by atoms with van der Waals surface area (Å²) in [6.07, 6.45) is 0.849. The fraction of sp³-hybridized carbons (Fsp3) is 0.308. The van der Waals surface area contributed by atoms with Crippen LogP contribution in [0.1, 0.15) is 40.0 Å². The van der Waals surface area contributed by atoms with E-state index in [-0.39, 0.29) is 38.1 Å². The van der Waals surface area contributed by atoms with Gasteiger partial charge in [0.25, 0.3) is 5.91 Å². The zero-order valence-electron chi connectivity index (χ0n) is 19.5. The molecule has 9 heteroatoms. The SMILES string of the molecule is Cn1ncc(C(=O)N2CC(C)(C(=O)O)C2)c1CNC(=O)OCC1c2ccccc2-c2ccccc21. The van der Waals surface area contributed by atoms with Gasteiger partial charge in [0.05, 0.1) is 24.0 Å². The number of carboxylic acid groups (broad SMARTS) is 1. The second-order valence-corrected chi connectivity index (χ2v) is 9.33. The zero-order chi connectivity index (χ0) is 24.7. The van der Waals surface area contributed by atoms with Crippen molar-refractivity contribution in [3.05, 3.63) is 77.1 Å². The molecule has 1 aliphatic heterocycles. The van der Waals surface area contributed by atoms with Gasteiger partial charge in [-0.3, -0.25) is 14.3 Å². The minimum atomic E-state index is -0.933. The van der Waals surface area contributed by atoms with E-state index in [4.69, 9.17) is 4.74 Å². The van der Waals surface area contributed by atoms with Crippen molar-refractivity contribution >= 4 is 18.0 Å². The Bertz CT molecular complexity index is 1280. The monoisotopic (exact) mass is 474 g/mol. The molecular weight excluding hydrogens is 448 g/mol. The second kappa shape index (κ2) is 8.57. The second-order valence-electron chi connectivity index (χ2n) is 9.33. The molecule has 2 N–H and O–H groups in total. The summed E-state index contributed by atoms with van der Waals surface area (Å²) in [5, 5.41) is 16.2. The van der Waals surface area contributed by atoms with Crippen LogP contribution in [0.15, 0.2) is 54.7 Å². The number of alkyl carbamates (subject to hydrolysis) is 1. The summed E-state index contributed by atoms with van der Waals surface area (Å²) in [6, 6.07) is 16.2. The number of nitrogens with zero attached hydrogens (tertiary/aromatic N) is 3. The largest absolute Gasteiger partial charge is 0.481 e. The summed E-state index contributed by atoms with van der Waals surface area (Å²) in [5.41, 5.74) is 4.48. The number of rotatable bonds is 6. The molecule has 9 nitrogen and oxygen atoms in total. The molecule has 2 aliphatic rings. The van der Waals surface area contributed by atoms with Crippen LogP contribution in [0.4, 0.5) is 4.79 Å². The van der Waals surface area contributed by atoms with Gasteiger partial charge in [-0.05, 0) is 29.2 Å². The Hall–Kier alpha value is -4.14. The lowest BCUT2D eigenvalue weighted by Crippen LogP contribution is -2.60. The Labute approximate surface area is 202 Å². The van der Waals surface area contributed by atoms with Crippen molar-refractivity contribution in [3.8, 4) is 11.1 Å². The fourth-order valence-corrected chi connectivity index (χ4v) is 4.90. The first-order chi connectivity index (χ1) is 16.8. The predicted molar refractivity (Wildman–Crippen MR) is 127 cm³/mol. The van der Waals surface area contributed by atoms with Gasteiger partial charge in [-0.2, -0.15) is 5.10 Å². The van der Waals surface area contributed by atoms with Crippen molar-refractivity contribution in [2.75, 3.05) is 19.7 Å². The first-order valence-corrected chi connectivity index (χ1v) is 11.4. The van der Waals surface area contributed by atoms with Crippen LogP contribution in [0.25, 0.3) is 11.1 Å². The molecule has 1 saturated heterocycles. The van der Waals surface area contributed by atoms with Crippen LogP contribution in [0, 0.1) is 5.41 Å². The number of likely N-dealkylation sites (tertiary alicyclic amines) is 1. The molecule has 0 unspecified atom stereocenters. The highest BCUT2D eigenvalue weighted by Crippen LogP contribution is 2.44. The number of fused-ring (bicyclic) bond motifs is 3. The van der Waals surface area contributed by atoms with Crippen LogP contribution < -0.4 is 5.32 Å². The molecule has 2 amide bonds. The highest BCUT2D eigenvalue weighted by molar-refractivity contribution is 5.97. The lowest BCUT2D eigenvalue weighted by Gasteiger charge is -2.44. The van der Waals surface area contributed by atoms with Crippen LogP contribution in [0.5, 0.6) is 0 Å². The number of carbonyl (C=O) groups is 3. The number of aromatic nitrogens is 2. The number of aliphatic carboxylic acids is 1. The maximum atomic E-state index is 12.9. The summed E-state index contributed by atoms with van der Waals surface area (Å²) in [6.45, 7) is 2.13. The minimum absolute atomic E-state index is 0.0445. The average molecular weight is 475 g/mol. The lowest BCUT2D eigenvalue weighted by atomic mass is 9.82. The molecule has 1 aliphatic carbocycles. The topological polar surface area (TPSA) is 114 Å². The molecule has 35 heavy (non-hydrogen) atoms. The number of amides is 2. The number of benzene rings is 2. The first kappa shape index (κ1) is 22.6. The molecule has 0 bridgehead atoms. The van der Waals surface area contributed by atoms with E-state index in [1.54, 1.807) is 14.0 Å². The Morgan fingerprint density at radius 3 is 2.29 bits per heavy atom. The van der Waals surface area contributed by atoms with Gasteiger partial charge in [0.1, 0.15) is 12.0 Å². The molecule has 0 spiro atoms. The molecular formula is C26H26N4O5. The lowest BCUT2D eigenvalue weighted by molar-refractivity contribution is -0.155. The molecule has 5 rings (SSSR count). The van der Waals surface area contributed by atoms with Gasteiger partial charge in [0, 0.05) is 26.1 Å². The van der Waals surface area contributed by atoms with Crippen LogP contribution in [0.3, 0.4) is 0 Å². The average Bonchev–Trinajstić information content (AvgIpc) is 3.36. The van der Waals surface area contributed by atoms with Gasteiger partial charge in [-0.25, -0.2) is 4.79 Å². The number of ether oxygens (including phenoxy) is 1. The van der Waals surface area contributed by atoms with Gasteiger partial charge in [-0.15, -0.1) is 0 Å². The maximum Gasteiger partial charge on any atom is 0.407 e. The van der Waals surface area contributed by atoms with Crippen LogP contribution in [0.2, 0.25) is 0 Å². The number of carbonyl (C=O) groups excluding carboxylic acids is 2. The summed E-state index contributed by atoms with van der Waals surface area (Å²) in [5.74, 6) is -1.28. The van der Waals surface area contributed by atoms with E-state index in [1.165, 1.54) is 15.8 Å². The Kier molecular flexibility index (Phi) is 5.55. The minimum Gasteiger partial charge on any atom is -0.481 e. The van der Waals surface area contributed by atoms with Crippen LogP contribution in [-0.2, 0) is 23.1 Å². The molecule has 2 heterocycles. The molecule has 1 fully saturated rings. The van der Waals surface area contributed by atoms with Crippen LogP contribution >= 0.6 is 0 Å². The third-order valence-electron chi connectivity index (χ3n) is 6.92. The quantitative estimate of drug-likeness (QED) is 0.568. The van der Waals surface area contributed by atoms with Crippen molar-refractivity contribution in [2.24, 2.45) is 12.5 Å². The Balaban J connectivity index is 1.21. The van der Waals surface area contributed by atoms with Gasteiger partial charge in [-0.1, -0.05) is 48.5 Å². The molecule has 2 aromatic carbocycles. The van der Waals surface area contributed by atoms with Crippen molar-refractivity contribution in [2.45, 2.75) is 19.4 Å². The standard InChI is InChI=1S/C26H26N4O5/c1-26(24(32)33)14-30(15-26)23(31)20-11-28-29(2)22(20)12-27-25(34)35-13-21-18-9-5-3-7-16(18)17-8-4-6-10-19(17)21/h3-11,21H,12-15H2,1-2H3,(H,27,34)(H,32,33).